The molecule has 2 rings (SSSR count). The summed E-state index contributed by atoms with van der Waals surface area (Å²) < 4.78 is 4.62. The van der Waals surface area contributed by atoms with Crippen LogP contribution in [0.4, 0.5) is 5.82 Å². The van der Waals surface area contributed by atoms with Gasteiger partial charge in [0.25, 0.3) is 0 Å². The first-order valence-electron chi connectivity index (χ1n) is 5.26. The number of pyridine rings is 1. The molecule has 0 aliphatic carbocycles. The highest BCUT2D eigenvalue weighted by molar-refractivity contribution is 5.90. The molecule has 1 atom stereocenters. The van der Waals surface area contributed by atoms with Crippen molar-refractivity contribution in [1.29, 1.82) is 0 Å². The molecule has 17 heavy (non-hydrogen) atoms. The smallest absolute Gasteiger partial charge is 0.338 e. The van der Waals surface area contributed by atoms with Gasteiger partial charge in [-0.05, 0) is 12.1 Å². The zero-order valence-corrected chi connectivity index (χ0v) is 9.40. The van der Waals surface area contributed by atoms with E-state index in [1.54, 1.807) is 12.1 Å². The molecule has 0 spiro atoms. The third kappa shape index (κ3) is 2.72. The molecular weight excluding hydrogens is 222 g/mol. The summed E-state index contributed by atoms with van der Waals surface area (Å²) in [6, 6.07) is 3.20. The van der Waals surface area contributed by atoms with Crippen LogP contribution in [0.3, 0.4) is 0 Å². The second kappa shape index (κ2) is 4.82. The van der Waals surface area contributed by atoms with E-state index in [0.29, 0.717) is 24.3 Å². The lowest BCUT2D eigenvalue weighted by Gasteiger charge is -2.11. The number of ether oxygens (including phenoxy) is 1. The molecule has 1 aliphatic rings. The van der Waals surface area contributed by atoms with Crippen molar-refractivity contribution in [2.75, 3.05) is 19.0 Å². The van der Waals surface area contributed by atoms with Gasteiger partial charge >= 0.3 is 5.97 Å². The third-order valence-electron chi connectivity index (χ3n) is 2.51. The summed E-state index contributed by atoms with van der Waals surface area (Å²) in [6.45, 7) is 0.572. The predicted molar refractivity (Wildman–Crippen MR) is 60.6 cm³/mol. The van der Waals surface area contributed by atoms with Crippen LogP contribution in [0, 0.1) is 0 Å². The number of nitrogens with zero attached hydrogens (tertiary/aromatic N) is 1. The molecule has 0 radical (unpaired) electrons. The zero-order chi connectivity index (χ0) is 12.3. The summed E-state index contributed by atoms with van der Waals surface area (Å²) in [5.74, 6) is 0.178. The van der Waals surface area contributed by atoms with Gasteiger partial charge in [-0.1, -0.05) is 0 Å². The van der Waals surface area contributed by atoms with Crippen LogP contribution in [0.5, 0.6) is 0 Å². The fourth-order valence-electron chi connectivity index (χ4n) is 1.67. The van der Waals surface area contributed by atoms with Crippen LogP contribution in [0.15, 0.2) is 18.3 Å². The number of carbonyl (C=O) groups is 2. The number of aromatic nitrogens is 1. The minimum Gasteiger partial charge on any atom is -0.465 e. The number of methoxy groups -OCH3 is 1. The van der Waals surface area contributed by atoms with Gasteiger partial charge in [-0.3, -0.25) is 4.79 Å². The molecule has 1 unspecified atom stereocenters. The highest BCUT2D eigenvalue weighted by atomic mass is 16.5. The topological polar surface area (TPSA) is 80.3 Å². The Bertz CT molecular complexity index is 447. The van der Waals surface area contributed by atoms with E-state index in [2.05, 4.69) is 20.4 Å². The Hall–Kier alpha value is -2.11. The number of hydrogen-bond acceptors (Lipinski definition) is 5. The lowest BCUT2D eigenvalue weighted by Crippen LogP contribution is -2.23. The van der Waals surface area contributed by atoms with Crippen LogP contribution in [-0.2, 0) is 9.53 Å². The molecule has 0 saturated carbocycles. The van der Waals surface area contributed by atoms with Crippen LogP contribution in [0.2, 0.25) is 0 Å². The maximum absolute atomic E-state index is 11.3. The Morgan fingerprint density at radius 3 is 3.12 bits per heavy atom. The molecule has 1 aromatic rings. The zero-order valence-electron chi connectivity index (χ0n) is 9.40. The number of anilines is 1. The van der Waals surface area contributed by atoms with Crippen LogP contribution in [-0.4, -0.2) is 36.6 Å². The quantitative estimate of drug-likeness (QED) is 0.730. The molecular formula is C11H13N3O3. The summed E-state index contributed by atoms with van der Waals surface area (Å²) in [5.41, 5.74) is 0.433. The van der Waals surface area contributed by atoms with Gasteiger partial charge in [0, 0.05) is 19.2 Å². The van der Waals surface area contributed by atoms with Gasteiger partial charge < -0.3 is 15.4 Å². The fraction of sp³-hybridized carbons (Fsp3) is 0.364. The van der Waals surface area contributed by atoms with Crippen molar-refractivity contribution < 1.29 is 14.3 Å². The number of nitrogens with one attached hydrogen (secondary N) is 2. The molecule has 6 nitrogen and oxygen atoms in total. The van der Waals surface area contributed by atoms with Crippen molar-refractivity contribution in [3.05, 3.63) is 23.9 Å². The molecule has 6 heteroatoms. The number of rotatable bonds is 3. The molecule has 0 bridgehead atoms. The van der Waals surface area contributed by atoms with E-state index < -0.39 is 5.97 Å². The van der Waals surface area contributed by atoms with Gasteiger partial charge in [0.2, 0.25) is 5.91 Å². The Morgan fingerprint density at radius 2 is 2.47 bits per heavy atom. The number of carbonyl (C=O) groups excluding carboxylic acids is 2. The summed E-state index contributed by atoms with van der Waals surface area (Å²) in [4.78, 5) is 26.4. The lowest BCUT2D eigenvalue weighted by molar-refractivity contribution is -0.119. The SMILES string of the molecule is COC(=O)c1ccnc(NC2CNC(=O)C2)c1. The molecule has 1 aliphatic heterocycles. The van der Waals surface area contributed by atoms with Crippen molar-refractivity contribution in [3.8, 4) is 0 Å². The number of hydrogen-bond donors (Lipinski definition) is 2. The van der Waals surface area contributed by atoms with Gasteiger partial charge in [-0.25, -0.2) is 9.78 Å². The molecule has 2 N–H and O–H groups in total. The van der Waals surface area contributed by atoms with E-state index in [-0.39, 0.29) is 11.9 Å². The number of amides is 1. The molecule has 1 saturated heterocycles. The Morgan fingerprint density at radius 1 is 1.65 bits per heavy atom. The van der Waals surface area contributed by atoms with E-state index in [1.165, 1.54) is 13.3 Å². The average Bonchev–Trinajstić information content (AvgIpc) is 2.74. The van der Waals surface area contributed by atoms with E-state index >= 15 is 0 Å². The Kier molecular flexibility index (Phi) is 3.22. The second-order valence-electron chi connectivity index (χ2n) is 3.77. The van der Waals surface area contributed by atoms with Crippen molar-refractivity contribution in [3.63, 3.8) is 0 Å². The van der Waals surface area contributed by atoms with Crippen molar-refractivity contribution >= 4 is 17.7 Å². The van der Waals surface area contributed by atoms with Gasteiger partial charge in [0.05, 0.1) is 18.7 Å². The lowest BCUT2D eigenvalue weighted by atomic mass is 10.2. The van der Waals surface area contributed by atoms with Gasteiger partial charge in [0.15, 0.2) is 0 Å². The second-order valence-corrected chi connectivity index (χ2v) is 3.77. The average molecular weight is 235 g/mol. The van der Waals surface area contributed by atoms with E-state index in [1.807, 2.05) is 0 Å². The van der Waals surface area contributed by atoms with E-state index in [4.69, 9.17) is 0 Å². The molecule has 0 aromatic carbocycles. The highest BCUT2D eigenvalue weighted by Crippen LogP contribution is 2.12. The van der Waals surface area contributed by atoms with Gasteiger partial charge in [-0.15, -0.1) is 0 Å². The molecule has 90 valence electrons. The summed E-state index contributed by atoms with van der Waals surface area (Å²) >= 11 is 0. The van der Waals surface area contributed by atoms with E-state index in [0.717, 1.165) is 0 Å². The van der Waals surface area contributed by atoms with Crippen LogP contribution < -0.4 is 10.6 Å². The largest absolute Gasteiger partial charge is 0.465 e. The summed E-state index contributed by atoms with van der Waals surface area (Å²) in [7, 11) is 1.33. The molecule has 1 amide bonds. The first-order chi connectivity index (χ1) is 8.19. The highest BCUT2D eigenvalue weighted by Gasteiger charge is 2.21. The normalized spacial score (nSPS) is 18.6. The number of esters is 1. The standard InChI is InChI=1S/C11H13N3O3/c1-17-11(16)7-2-3-12-9(4-7)14-8-5-10(15)13-6-8/h2-4,8H,5-6H2,1H3,(H,12,14)(H,13,15). The van der Waals surface area contributed by atoms with Crippen molar-refractivity contribution in [2.24, 2.45) is 0 Å². The van der Waals surface area contributed by atoms with Crippen LogP contribution in [0.1, 0.15) is 16.8 Å². The minimum atomic E-state index is -0.406. The minimum absolute atomic E-state index is 0.0166. The third-order valence-corrected chi connectivity index (χ3v) is 2.51. The van der Waals surface area contributed by atoms with Crippen LogP contribution >= 0.6 is 0 Å². The fourth-order valence-corrected chi connectivity index (χ4v) is 1.67. The van der Waals surface area contributed by atoms with Gasteiger partial charge in [0.1, 0.15) is 5.82 Å². The Labute approximate surface area is 98.4 Å². The Balaban J connectivity index is 2.06. The predicted octanol–water partition coefficient (Wildman–Crippen LogP) is 0.169. The summed E-state index contributed by atoms with van der Waals surface area (Å²) in [6.07, 6.45) is 1.95. The molecule has 1 aromatic heterocycles. The van der Waals surface area contributed by atoms with Crippen LogP contribution in [0.25, 0.3) is 0 Å². The maximum atomic E-state index is 11.3. The first kappa shape index (κ1) is 11.4. The first-order valence-corrected chi connectivity index (χ1v) is 5.26. The van der Waals surface area contributed by atoms with E-state index in [9.17, 15) is 9.59 Å². The van der Waals surface area contributed by atoms with Crippen molar-refractivity contribution in [2.45, 2.75) is 12.5 Å². The van der Waals surface area contributed by atoms with Crippen molar-refractivity contribution in [1.82, 2.24) is 10.3 Å². The molecule has 1 fully saturated rings. The maximum Gasteiger partial charge on any atom is 0.338 e. The monoisotopic (exact) mass is 235 g/mol. The van der Waals surface area contributed by atoms with Gasteiger partial charge in [-0.2, -0.15) is 0 Å². The summed E-state index contributed by atoms with van der Waals surface area (Å²) in [5, 5.41) is 5.81. The molecule has 2 heterocycles.